The number of nitrogens with zero attached hydrogens (tertiary/aromatic N) is 1. The van der Waals surface area contributed by atoms with Gasteiger partial charge in [0, 0.05) is 24.3 Å². The molecule has 0 aromatic heterocycles. The molecule has 0 spiro atoms. The zero-order valence-electron chi connectivity index (χ0n) is 16.9. The molecule has 29 heavy (non-hydrogen) atoms. The van der Waals surface area contributed by atoms with Crippen LogP contribution in [0.2, 0.25) is 0 Å². The summed E-state index contributed by atoms with van der Waals surface area (Å²) in [7, 11) is -2.48. The van der Waals surface area contributed by atoms with Crippen LogP contribution in [0, 0.1) is 5.82 Å². The van der Waals surface area contributed by atoms with Crippen LogP contribution in [0.1, 0.15) is 31.1 Å². The van der Waals surface area contributed by atoms with E-state index in [-0.39, 0.29) is 34.3 Å². The lowest BCUT2D eigenvalue weighted by Gasteiger charge is -2.21. The average molecular weight is 424 g/mol. The smallest absolute Gasteiger partial charge is 0.255 e. The minimum Gasteiger partial charge on any atom is -0.494 e. The number of methoxy groups -OCH3 is 1. The van der Waals surface area contributed by atoms with Gasteiger partial charge in [-0.3, -0.25) is 4.79 Å². The molecule has 2 rings (SSSR count). The third kappa shape index (κ3) is 5.04. The van der Waals surface area contributed by atoms with Crippen molar-refractivity contribution in [2.45, 2.75) is 25.7 Å². The summed E-state index contributed by atoms with van der Waals surface area (Å²) in [5, 5.41) is 2.59. The number of carbonyl (C=O) groups excluding carboxylic acids is 1. The number of hydrogen-bond acceptors (Lipinski definition) is 5. The van der Waals surface area contributed by atoms with Gasteiger partial charge in [0.25, 0.3) is 5.91 Å². The molecule has 0 atom stereocenters. The first-order valence-corrected chi connectivity index (χ1v) is 10.6. The van der Waals surface area contributed by atoms with E-state index in [9.17, 15) is 17.6 Å². The predicted molar refractivity (Wildman–Crippen MR) is 109 cm³/mol. The number of ether oxygens (including phenoxy) is 2. The zero-order valence-corrected chi connectivity index (χ0v) is 17.7. The molecule has 0 aliphatic rings. The molecule has 7 nitrogen and oxygen atoms in total. The summed E-state index contributed by atoms with van der Waals surface area (Å²) in [6.07, 6.45) is 0. The molecular weight excluding hydrogens is 399 g/mol. The lowest BCUT2D eigenvalue weighted by atomic mass is 10.2. The number of sulfonamides is 1. The molecule has 0 bridgehead atoms. The number of halogens is 1. The van der Waals surface area contributed by atoms with E-state index in [0.717, 1.165) is 6.07 Å². The number of anilines is 1. The highest BCUT2D eigenvalue weighted by Gasteiger charge is 2.26. The third-order valence-corrected chi connectivity index (χ3v) is 6.31. The van der Waals surface area contributed by atoms with Crippen LogP contribution in [0.25, 0.3) is 0 Å². The van der Waals surface area contributed by atoms with E-state index in [2.05, 4.69) is 5.32 Å². The maximum absolute atomic E-state index is 13.9. The van der Waals surface area contributed by atoms with E-state index in [1.807, 2.05) is 0 Å². The molecule has 158 valence electrons. The Labute approximate surface area is 170 Å². The molecule has 0 saturated carbocycles. The summed E-state index contributed by atoms with van der Waals surface area (Å²) in [4.78, 5) is 12.4. The van der Waals surface area contributed by atoms with Crippen LogP contribution in [0.15, 0.2) is 41.3 Å². The van der Waals surface area contributed by atoms with Crippen LogP contribution in [-0.4, -0.2) is 45.4 Å². The molecule has 1 N–H and O–H groups in total. The van der Waals surface area contributed by atoms with Crippen molar-refractivity contribution in [1.29, 1.82) is 0 Å². The van der Waals surface area contributed by atoms with Crippen LogP contribution in [0.3, 0.4) is 0 Å². The van der Waals surface area contributed by atoms with Crippen molar-refractivity contribution >= 4 is 21.6 Å². The number of amides is 1. The molecule has 0 radical (unpaired) electrons. The van der Waals surface area contributed by atoms with Crippen LogP contribution in [-0.2, 0) is 10.0 Å². The van der Waals surface area contributed by atoms with Gasteiger partial charge in [-0.2, -0.15) is 4.31 Å². The van der Waals surface area contributed by atoms with Crippen LogP contribution < -0.4 is 14.8 Å². The fourth-order valence-corrected chi connectivity index (χ4v) is 4.39. The minimum atomic E-state index is -3.81. The number of benzene rings is 2. The first kappa shape index (κ1) is 22.6. The van der Waals surface area contributed by atoms with E-state index in [0.29, 0.717) is 13.1 Å². The molecule has 0 fully saturated rings. The first-order valence-electron chi connectivity index (χ1n) is 9.20. The van der Waals surface area contributed by atoms with Crippen molar-refractivity contribution < 1.29 is 27.1 Å². The standard InChI is InChI=1S/C20H25FN2O5S/c1-5-23(6-2)29(25,26)19-13-15(9-11-18(19)28-7-3)22-20(24)14-8-10-17(27-4)16(21)12-14/h8-13H,5-7H2,1-4H3,(H,22,24). The molecule has 9 heteroatoms. The molecule has 1 amide bonds. The minimum absolute atomic E-state index is 0.0234. The Bertz CT molecular complexity index is 975. The van der Waals surface area contributed by atoms with E-state index in [1.165, 1.54) is 41.7 Å². The number of nitrogens with one attached hydrogen (secondary N) is 1. The lowest BCUT2D eigenvalue weighted by Crippen LogP contribution is -2.31. The number of rotatable bonds is 9. The van der Waals surface area contributed by atoms with Crippen LogP contribution in [0.4, 0.5) is 10.1 Å². The Morgan fingerprint density at radius 1 is 1.07 bits per heavy atom. The van der Waals surface area contributed by atoms with Crippen molar-refractivity contribution in [2.24, 2.45) is 0 Å². The molecule has 0 unspecified atom stereocenters. The zero-order chi connectivity index (χ0) is 21.6. The Kier molecular flexibility index (Phi) is 7.58. The van der Waals surface area contributed by atoms with Gasteiger partial charge < -0.3 is 14.8 Å². The second kappa shape index (κ2) is 9.71. The molecule has 2 aromatic rings. The molecule has 2 aromatic carbocycles. The topological polar surface area (TPSA) is 84.9 Å². The normalized spacial score (nSPS) is 11.4. The van der Waals surface area contributed by atoms with Crippen molar-refractivity contribution in [2.75, 3.05) is 32.1 Å². The predicted octanol–water partition coefficient (Wildman–Crippen LogP) is 3.52. The summed E-state index contributed by atoms with van der Waals surface area (Å²) in [5.74, 6) is -1.03. The quantitative estimate of drug-likeness (QED) is 0.666. The number of carbonyl (C=O) groups is 1. The van der Waals surface area contributed by atoms with Gasteiger partial charge in [-0.25, -0.2) is 12.8 Å². The molecule has 0 saturated heterocycles. The Morgan fingerprint density at radius 2 is 1.72 bits per heavy atom. The summed E-state index contributed by atoms with van der Waals surface area (Å²) in [6, 6.07) is 8.18. The second-order valence-corrected chi connectivity index (χ2v) is 7.89. The summed E-state index contributed by atoms with van der Waals surface area (Å²) < 4.78 is 51.4. The summed E-state index contributed by atoms with van der Waals surface area (Å²) in [5.41, 5.74) is 0.325. The van der Waals surface area contributed by atoms with E-state index in [4.69, 9.17) is 9.47 Å². The van der Waals surface area contributed by atoms with Gasteiger partial charge in [-0.15, -0.1) is 0 Å². The van der Waals surface area contributed by atoms with E-state index >= 15 is 0 Å². The van der Waals surface area contributed by atoms with Gasteiger partial charge in [0.15, 0.2) is 11.6 Å². The Morgan fingerprint density at radius 3 is 2.28 bits per heavy atom. The van der Waals surface area contributed by atoms with Crippen LogP contribution in [0.5, 0.6) is 11.5 Å². The van der Waals surface area contributed by atoms with Crippen molar-refractivity contribution in [3.63, 3.8) is 0 Å². The van der Waals surface area contributed by atoms with Crippen molar-refractivity contribution in [1.82, 2.24) is 4.31 Å². The van der Waals surface area contributed by atoms with Gasteiger partial charge in [-0.05, 0) is 43.3 Å². The van der Waals surface area contributed by atoms with E-state index < -0.39 is 21.7 Å². The number of hydrogen-bond donors (Lipinski definition) is 1. The first-order chi connectivity index (χ1) is 13.8. The largest absolute Gasteiger partial charge is 0.494 e. The van der Waals surface area contributed by atoms with Gasteiger partial charge in [0.1, 0.15) is 10.6 Å². The Balaban J connectivity index is 2.39. The summed E-state index contributed by atoms with van der Waals surface area (Å²) in [6.45, 7) is 6.12. The van der Waals surface area contributed by atoms with Gasteiger partial charge in [-0.1, -0.05) is 13.8 Å². The highest BCUT2D eigenvalue weighted by Crippen LogP contribution is 2.30. The third-order valence-electron chi connectivity index (χ3n) is 4.24. The van der Waals surface area contributed by atoms with E-state index in [1.54, 1.807) is 20.8 Å². The SMILES string of the molecule is CCOc1ccc(NC(=O)c2ccc(OC)c(F)c2)cc1S(=O)(=O)N(CC)CC. The van der Waals surface area contributed by atoms with Gasteiger partial charge >= 0.3 is 0 Å². The fraction of sp³-hybridized carbons (Fsp3) is 0.350. The molecule has 0 aliphatic carbocycles. The Hall–Kier alpha value is -2.65. The highest BCUT2D eigenvalue weighted by atomic mass is 32.2. The lowest BCUT2D eigenvalue weighted by molar-refractivity contribution is 0.102. The molecule has 0 aliphatic heterocycles. The van der Waals surface area contributed by atoms with Crippen molar-refractivity contribution in [3.05, 3.63) is 47.8 Å². The van der Waals surface area contributed by atoms with Gasteiger partial charge in [0.05, 0.1) is 13.7 Å². The molecule has 0 heterocycles. The molecular formula is C20H25FN2O5S. The highest BCUT2D eigenvalue weighted by molar-refractivity contribution is 7.89. The monoisotopic (exact) mass is 424 g/mol. The van der Waals surface area contributed by atoms with Crippen molar-refractivity contribution in [3.8, 4) is 11.5 Å². The maximum Gasteiger partial charge on any atom is 0.255 e. The van der Waals surface area contributed by atoms with Gasteiger partial charge in [0.2, 0.25) is 10.0 Å². The fourth-order valence-electron chi connectivity index (χ4n) is 2.78. The average Bonchev–Trinajstić information content (AvgIpc) is 2.69. The summed E-state index contributed by atoms with van der Waals surface area (Å²) >= 11 is 0. The second-order valence-electron chi connectivity index (χ2n) is 5.99. The van der Waals surface area contributed by atoms with Crippen LogP contribution >= 0.6 is 0 Å². The maximum atomic E-state index is 13.9.